The van der Waals surface area contributed by atoms with Gasteiger partial charge >= 0.3 is 0 Å². The van der Waals surface area contributed by atoms with Gasteiger partial charge in [-0.05, 0) is 61.6 Å². The van der Waals surface area contributed by atoms with Gasteiger partial charge in [0.15, 0.2) is 17.5 Å². The summed E-state index contributed by atoms with van der Waals surface area (Å²) in [5, 5.41) is 0. The molecule has 0 spiro atoms. The van der Waals surface area contributed by atoms with E-state index in [1.54, 1.807) is 0 Å². The quantitative estimate of drug-likeness (QED) is 0.488. The molecule has 1 aliphatic carbocycles. The van der Waals surface area contributed by atoms with E-state index in [1.807, 2.05) is 0 Å². The maximum absolute atomic E-state index is 13.3. The third kappa shape index (κ3) is 3.65. The lowest BCUT2D eigenvalue weighted by Gasteiger charge is -2.27. The molecule has 0 amide bonds. The van der Waals surface area contributed by atoms with Gasteiger partial charge in [0.2, 0.25) is 0 Å². The van der Waals surface area contributed by atoms with Crippen molar-refractivity contribution < 1.29 is 13.2 Å². The lowest BCUT2D eigenvalue weighted by molar-refractivity contribution is 0.370. The van der Waals surface area contributed by atoms with Crippen molar-refractivity contribution in [1.29, 1.82) is 0 Å². The molecule has 0 saturated heterocycles. The molecule has 1 aromatic rings. The summed E-state index contributed by atoms with van der Waals surface area (Å²) in [5.74, 6) is -2.80. The zero-order valence-corrected chi connectivity index (χ0v) is 11.8. The zero-order chi connectivity index (χ0) is 14.5. The fourth-order valence-corrected chi connectivity index (χ4v) is 2.91. The summed E-state index contributed by atoms with van der Waals surface area (Å²) in [5.41, 5.74) is 0.595. The Morgan fingerprint density at radius 2 is 1.65 bits per heavy atom. The molecule has 0 heterocycles. The topological polar surface area (TPSA) is 0 Å². The molecule has 0 atom stereocenters. The predicted octanol–water partition coefficient (Wildman–Crippen LogP) is 5.73. The van der Waals surface area contributed by atoms with Crippen LogP contribution in [0.5, 0.6) is 0 Å². The van der Waals surface area contributed by atoms with Crippen LogP contribution < -0.4 is 0 Å². The molecule has 2 rings (SSSR count). The van der Waals surface area contributed by atoms with Crippen LogP contribution in [0.1, 0.15) is 56.9 Å². The summed E-state index contributed by atoms with van der Waals surface area (Å²) in [4.78, 5) is 0. The smallest absolute Gasteiger partial charge is 0.194 e. The van der Waals surface area contributed by atoms with Crippen LogP contribution in [0, 0.1) is 23.4 Å². The minimum absolute atomic E-state index is 0.149. The van der Waals surface area contributed by atoms with Crippen LogP contribution in [-0.4, -0.2) is 0 Å². The number of hydrogen-bond donors (Lipinski definition) is 0. The Bertz CT molecular complexity index is 448. The molecule has 110 valence electrons. The van der Waals surface area contributed by atoms with Gasteiger partial charge in [0, 0.05) is 0 Å². The first-order valence-electron chi connectivity index (χ1n) is 7.43. The Morgan fingerprint density at radius 1 is 1.05 bits per heavy atom. The van der Waals surface area contributed by atoms with Crippen LogP contribution in [0.15, 0.2) is 24.3 Å². The van der Waals surface area contributed by atoms with Gasteiger partial charge in [-0.2, -0.15) is 0 Å². The SMILES string of the molecule is CCCC=CC1CCC(c2cc(F)c(F)c(F)c2)CC1. The first-order valence-corrected chi connectivity index (χ1v) is 7.43. The standard InChI is InChI=1S/C17H21F3/c1-2-3-4-5-12-6-8-13(9-7-12)14-10-15(18)17(20)16(19)11-14/h4-5,10-13H,2-3,6-9H2,1H3. The van der Waals surface area contributed by atoms with E-state index in [-0.39, 0.29) is 5.92 Å². The highest BCUT2D eigenvalue weighted by Crippen LogP contribution is 2.37. The van der Waals surface area contributed by atoms with Crippen molar-refractivity contribution in [2.45, 2.75) is 51.4 Å². The van der Waals surface area contributed by atoms with Crippen molar-refractivity contribution in [3.05, 3.63) is 47.3 Å². The van der Waals surface area contributed by atoms with E-state index >= 15 is 0 Å². The molecular formula is C17H21F3. The van der Waals surface area contributed by atoms with Crippen molar-refractivity contribution >= 4 is 0 Å². The Labute approximate surface area is 118 Å². The van der Waals surface area contributed by atoms with E-state index in [2.05, 4.69) is 19.1 Å². The summed E-state index contributed by atoms with van der Waals surface area (Å²) < 4.78 is 39.5. The van der Waals surface area contributed by atoms with Crippen LogP contribution in [-0.2, 0) is 0 Å². The molecule has 3 heteroatoms. The second-order valence-electron chi connectivity index (χ2n) is 5.63. The lowest BCUT2D eigenvalue weighted by Crippen LogP contribution is -2.12. The van der Waals surface area contributed by atoms with Crippen LogP contribution in [0.3, 0.4) is 0 Å². The number of unbranched alkanes of at least 4 members (excludes halogenated alkanes) is 1. The Morgan fingerprint density at radius 3 is 2.20 bits per heavy atom. The Balaban J connectivity index is 1.97. The number of rotatable bonds is 4. The molecule has 20 heavy (non-hydrogen) atoms. The third-order valence-corrected chi connectivity index (χ3v) is 4.11. The molecule has 0 unspecified atom stereocenters. The molecule has 1 aliphatic rings. The molecule has 0 radical (unpaired) electrons. The Kier molecular flexibility index (Phi) is 5.27. The molecule has 0 aliphatic heterocycles. The van der Waals surface area contributed by atoms with Crippen molar-refractivity contribution in [3.8, 4) is 0 Å². The van der Waals surface area contributed by atoms with E-state index < -0.39 is 17.5 Å². The van der Waals surface area contributed by atoms with Gasteiger partial charge in [0.05, 0.1) is 0 Å². The molecule has 1 fully saturated rings. The van der Waals surface area contributed by atoms with Crippen LogP contribution in [0.2, 0.25) is 0 Å². The molecule has 1 saturated carbocycles. The van der Waals surface area contributed by atoms with E-state index in [0.717, 1.165) is 50.7 Å². The van der Waals surface area contributed by atoms with Crippen molar-refractivity contribution in [2.75, 3.05) is 0 Å². The number of halogens is 3. The summed E-state index contributed by atoms with van der Waals surface area (Å²) in [6.45, 7) is 2.15. The van der Waals surface area contributed by atoms with E-state index in [9.17, 15) is 13.2 Å². The van der Waals surface area contributed by atoms with Crippen LogP contribution in [0.25, 0.3) is 0 Å². The summed E-state index contributed by atoms with van der Waals surface area (Å²) in [7, 11) is 0. The highest BCUT2D eigenvalue weighted by atomic mass is 19.2. The molecule has 0 N–H and O–H groups in total. The highest BCUT2D eigenvalue weighted by molar-refractivity contribution is 5.23. The largest absolute Gasteiger partial charge is 0.204 e. The van der Waals surface area contributed by atoms with Crippen LogP contribution >= 0.6 is 0 Å². The van der Waals surface area contributed by atoms with Crippen LogP contribution in [0.4, 0.5) is 13.2 Å². The van der Waals surface area contributed by atoms with Gasteiger partial charge < -0.3 is 0 Å². The van der Waals surface area contributed by atoms with Crippen molar-refractivity contribution in [3.63, 3.8) is 0 Å². The average Bonchev–Trinajstić information content (AvgIpc) is 2.45. The second kappa shape index (κ2) is 6.96. The van der Waals surface area contributed by atoms with E-state index in [4.69, 9.17) is 0 Å². The maximum atomic E-state index is 13.3. The van der Waals surface area contributed by atoms with Gasteiger partial charge in [-0.25, -0.2) is 13.2 Å². The molecule has 0 nitrogen and oxygen atoms in total. The van der Waals surface area contributed by atoms with Crippen molar-refractivity contribution in [1.82, 2.24) is 0 Å². The van der Waals surface area contributed by atoms with Crippen molar-refractivity contribution in [2.24, 2.45) is 5.92 Å². The second-order valence-corrected chi connectivity index (χ2v) is 5.63. The molecule has 1 aromatic carbocycles. The normalized spacial score (nSPS) is 23.4. The van der Waals surface area contributed by atoms with Gasteiger partial charge in [-0.1, -0.05) is 25.5 Å². The van der Waals surface area contributed by atoms with Gasteiger partial charge in [-0.15, -0.1) is 0 Å². The molecular weight excluding hydrogens is 261 g/mol. The average molecular weight is 282 g/mol. The third-order valence-electron chi connectivity index (χ3n) is 4.11. The highest BCUT2D eigenvalue weighted by Gasteiger charge is 2.23. The number of hydrogen-bond acceptors (Lipinski definition) is 0. The maximum Gasteiger partial charge on any atom is 0.194 e. The fourth-order valence-electron chi connectivity index (χ4n) is 2.91. The summed E-state index contributed by atoms with van der Waals surface area (Å²) in [6, 6.07) is 2.30. The van der Waals surface area contributed by atoms with E-state index in [1.165, 1.54) is 0 Å². The first kappa shape index (κ1) is 15.1. The summed E-state index contributed by atoms with van der Waals surface area (Å²) in [6.07, 6.45) is 10.6. The first-order chi connectivity index (χ1) is 9.61. The Hall–Kier alpha value is -1.25. The van der Waals surface area contributed by atoms with Gasteiger partial charge in [-0.3, -0.25) is 0 Å². The summed E-state index contributed by atoms with van der Waals surface area (Å²) >= 11 is 0. The predicted molar refractivity (Wildman–Crippen MR) is 75.1 cm³/mol. The molecule has 0 bridgehead atoms. The minimum Gasteiger partial charge on any atom is -0.204 e. The lowest BCUT2D eigenvalue weighted by atomic mass is 9.78. The monoisotopic (exact) mass is 282 g/mol. The van der Waals surface area contributed by atoms with E-state index in [0.29, 0.717) is 11.5 Å². The zero-order valence-electron chi connectivity index (χ0n) is 11.8. The fraction of sp³-hybridized carbons (Fsp3) is 0.529. The van der Waals surface area contributed by atoms with Gasteiger partial charge in [0.25, 0.3) is 0 Å². The molecule has 0 aromatic heterocycles. The van der Waals surface area contributed by atoms with Gasteiger partial charge in [0.1, 0.15) is 0 Å². The number of allylic oxidation sites excluding steroid dienone is 2. The number of benzene rings is 1. The minimum atomic E-state index is -1.37.